The number of hydrogen-bond donors (Lipinski definition) is 3. The first-order valence-electron chi connectivity index (χ1n) is 13.4. The van der Waals surface area contributed by atoms with E-state index in [4.69, 9.17) is 32.7 Å². The van der Waals surface area contributed by atoms with Gasteiger partial charge in [-0.2, -0.15) is 18.3 Å². The summed E-state index contributed by atoms with van der Waals surface area (Å²) in [6.07, 6.45) is -9.63. The maximum atomic E-state index is 14.2. The lowest BCUT2D eigenvalue weighted by molar-refractivity contribution is -0.223. The second-order valence-electron chi connectivity index (χ2n) is 10.1. The number of hydrogen-bond acceptors (Lipinski definition) is 9. The summed E-state index contributed by atoms with van der Waals surface area (Å²) >= 11 is 11.7. The topological polar surface area (TPSA) is 149 Å². The number of likely N-dealkylation sites (N-methyl/N-ethyl adjacent to an activating group) is 1. The number of carbonyl (C=O) groups is 1. The summed E-state index contributed by atoms with van der Waals surface area (Å²) in [7, 11) is 1.33. The molecule has 2 aromatic heterocycles. The van der Waals surface area contributed by atoms with Crippen molar-refractivity contribution in [3.05, 3.63) is 75.4 Å². The van der Waals surface area contributed by atoms with E-state index >= 15 is 0 Å². The minimum Gasteiger partial charge on any atom is -0.394 e. The van der Waals surface area contributed by atoms with Gasteiger partial charge >= 0.3 is 6.18 Å². The van der Waals surface area contributed by atoms with Crippen molar-refractivity contribution in [3.63, 3.8) is 0 Å². The van der Waals surface area contributed by atoms with E-state index < -0.39 is 83.7 Å². The number of rotatable bonds is 8. The normalized spacial score (nSPS) is 21.8. The van der Waals surface area contributed by atoms with E-state index in [9.17, 15) is 37.0 Å². The van der Waals surface area contributed by atoms with Crippen LogP contribution >= 0.6 is 23.2 Å². The molecule has 1 aliphatic heterocycles. The van der Waals surface area contributed by atoms with Gasteiger partial charge in [0.15, 0.2) is 5.82 Å². The van der Waals surface area contributed by atoms with Gasteiger partial charge in [-0.15, -0.1) is 5.10 Å². The molecular formula is C27H24Cl2F5N7O5. The van der Waals surface area contributed by atoms with Gasteiger partial charge in [0.2, 0.25) is 5.91 Å². The Kier molecular flexibility index (Phi) is 9.63. The lowest BCUT2D eigenvalue weighted by Gasteiger charge is -2.43. The molecule has 0 unspecified atom stereocenters. The predicted molar refractivity (Wildman–Crippen MR) is 150 cm³/mol. The molecule has 4 aromatic rings. The highest BCUT2D eigenvalue weighted by Gasteiger charge is 2.50. The van der Waals surface area contributed by atoms with E-state index in [0.29, 0.717) is 0 Å². The van der Waals surface area contributed by atoms with Gasteiger partial charge in [0.1, 0.15) is 65.2 Å². The number of halogens is 7. The Morgan fingerprint density at radius 2 is 1.87 bits per heavy atom. The summed E-state index contributed by atoms with van der Waals surface area (Å²) in [6, 6.07) is 3.30. The molecule has 1 amide bonds. The van der Waals surface area contributed by atoms with E-state index in [0.717, 1.165) is 39.7 Å². The summed E-state index contributed by atoms with van der Waals surface area (Å²) in [5, 5.41) is 35.1. The van der Waals surface area contributed by atoms with Gasteiger partial charge in [0.05, 0.1) is 24.1 Å². The number of carbonyl (C=O) groups excluding carboxylic acids is 1. The summed E-state index contributed by atoms with van der Waals surface area (Å²) in [5.74, 6) is -3.01. The van der Waals surface area contributed by atoms with Crippen LogP contribution in [-0.2, 0) is 20.4 Å². The van der Waals surface area contributed by atoms with Crippen LogP contribution in [0.4, 0.5) is 22.0 Å². The average Bonchev–Trinajstić information content (AvgIpc) is 3.64. The standard InChI is InChI=1S/C27H24Cl2F5N7O5/c1-11-36-26(41(38-11)18-7-13(28)3-4-14(18)27(32,33)34)25-24(45-10-20(43)35-2)22(23(44)19(9-42)46-25)40-8-17(37-39-40)12-5-15(30)21(29)16(31)6-12/h3-8,19,22-25,42,44H,9-10H2,1-2H3,(H,35,43)/t19-,22+,23+,24-,25-/m1/s1. The van der Waals surface area contributed by atoms with Crippen LogP contribution in [0.15, 0.2) is 36.5 Å². The van der Waals surface area contributed by atoms with E-state index in [1.54, 1.807) is 0 Å². The molecule has 46 heavy (non-hydrogen) atoms. The maximum Gasteiger partial charge on any atom is 0.418 e. The van der Waals surface area contributed by atoms with Crippen molar-refractivity contribution in [2.24, 2.45) is 0 Å². The SMILES string of the molecule is CNC(=O)CO[C@@H]1[C@@H](n2cc(-c3cc(F)c(Cl)c(F)c3)nn2)[C@@H](O)[C@@H](CO)O[C@H]1c1nc(C)nn1-c1cc(Cl)ccc1C(F)(F)F. The Hall–Kier alpha value is -3.74. The molecule has 0 bridgehead atoms. The highest BCUT2D eigenvalue weighted by atomic mass is 35.5. The number of aliphatic hydroxyl groups excluding tert-OH is 2. The Morgan fingerprint density at radius 3 is 2.50 bits per heavy atom. The molecule has 5 atom stereocenters. The summed E-state index contributed by atoms with van der Waals surface area (Å²) in [4.78, 5) is 16.5. The zero-order valence-electron chi connectivity index (χ0n) is 23.7. The molecule has 0 spiro atoms. The Morgan fingerprint density at radius 1 is 1.17 bits per heavy atom. The lowest BCUT2D eigenvalue weighted by Crippen LogP contribution is -2.54. The monoisotopic (exact) mass is 691 g/mol. The third-order valence-corrected chi connectivity index (χ3v) is 7.73. The second-order valence-corrected chi connectivity index (χ2v) is 10.9. The van der Waals surface area contributed by atoms with Gasteiger partial charge < -0.3 is 25.0 Å². The molecule has 1 aliphatic rings. The van der Waals surface area contributed by atoms with Gasteiger partial charge in [-0.25, -0.2) is 23.1 Å². The molecule has 2 aromatic carbocycles. The van der Waals surface area contributed by atoms with Crippen molar-refractivity contribution in [2.45, 2.75) is 43.6 Å². The van der Waals surface area contributed by atoms with Gasteiger partial charge in [-0.05, 0) is 37.3 Å². The molecule has 0 saturated carbocycles. The number of aryl methyl sites for hydroxylation is 1. The fraction of sp³-hybridized carbons (Fsp3) is 0.370. The van der Waals surface area contributed by atoms with Crippen LogP contribution in [0.2, 0.25) is 10.0 Å². The zero-order valence-corrected chi connectivity index (χ0v) is 25.2. The first-order chi connectivity index (χ1) is 21.7. The third kappa shape index (κ3) is 6.56. The van der Waals surface area contributed by atoms with Gasteiger partial charge in [0.25, 0.3) is 0 Å². The third-order valence-electron chi connectivity index (χ3n) is 7.13. The number of aliphatic hydroxyl groups is 2. The largest absolute Gasteiger partial charge is 0.418 e. The molecule has 19 heteroatoms. The molecule has 12 nitrogen and oxygen atoms in total. The number of alkyl halides is 3. The van der Waals surface area contributed by atoms with E-state index in [1.165, 1.54) is 20.2 Å². The van der Waals surface area contributed by atoms with Crippen LogP contribution in [0, 0.1) is 18.6 Å². The van der Waals surface area contributed by atoms with Crippen LogP contribution < -0.4 is 5.32 Å². The summed E-state index contributed by atoms with van der Waals surface area (Å²) in [6.45, 7) is -0.00414. The Labute approximate surface area is 266 Å². The first kappa shape index (κ1) is 33.6. The fourth-order valence-corrected chi connectivity index (χ4v) is 5.28. The molecule has 3 N–H and O–H groups in total. The van der Waals surface area contributed by atoms with Crippen molar-refractivity contribution in [3.8, 4) is 16.9 Å². The number of nitrogens with zero attached hydrogens (tertiary/aromatic N) is 6. The Balaban J connectivity index is 1.66. The average molecular weight is 692 g/mol. The lowest BCUT2D eigenvalue weighted by atomic mass is 9.91. The fourth-order valence-electron chi connectivity index (χ4n) is 5.01. The Bertz CT molecular complexity index is 1730. The van der Waals surface area contributed by atoms with Crippen molar-refractivity contribution in [1.82, 2.24) is 35.1 Å². The van der Waals surface area contributed by atoms with Crippen molar-refractivity contribution >= 4 is 29.1 Å². The minimum absolute atomic E-state index is 0.00908. The van der Waals surface area contributed by atoms with Crippen LogP contribution in [0.3, 0.4) is 0 Å². The predicted octanol–water partition coefficient (Wildman–Crippen LogP) is 3.60. The number of amides is 1. The smallest absolute Gasteiger partial charge is 0.394 e. The van der Waals surface area contributed by atoms with Crippen molar-refractivity contribution < 1.29 is 46.4 Å². The molecule has 1 saturated heterocycles. The number of benzene rings is 2. The highest BCUT2D eigenvalue weighted by Crippen LogP contribution is 2.42. The molecule has 246 valence electrons. The van der Waals surface area contributed by atoms with Gasteiger partial charge in [-0.1, -0.05) is 28.4 Å². The quantitative estimate of drug-likeness (QED) is 0.186. The van der Waals surface area contributed by atoms with E-state index in [1.807, 2.05) is 0 Å². The molecule has 0 radical (unpaired) electrons. The summed E-state index contributed by atoms with van der Waals surface area (Å²) in [5.41, 5.74) is -1.76. The molecule has 5 rings (SSSR count). The highest BCUT2D eigenvalue weighted by molar-refractivity contribution is 6.31. The van der Waals surface area contributed by atoms with Gasteiger partial charge in [0, 0.05) is 17.6 Å². The van der Waals surface area contributed by atoms with E-state index in [-0.39, 0.29) is 27.9 Å². The van der Waals surface area contributed by atoms with Gasteiger partial charge in [-0.3, -0.25) is 4.79 Å². The molecule has 1 fully saturated rings. The summed E-state index contributed by atoms with van der Waals surface area (Å²) < 4.78 is 84.4. The van der Waals surface area contributed by atoms with Crippen LogP contribution in [0.25, 0.3) is 16.9 Å². The minimum atomic E-state index is -4.84. The van der Waals surface area contributed by atoms with Crippen molar-refractivity contribution in [1.29, 1.82) is 0 Å². The van der Waals surface area contributed by atoms with Crippen LogP contribution in [0.1, 0.15) is 29.4 Å². The second kappa shape index (κ2) is 13.2. The molecule has 0 aliphatic carbocycles. The molecular weight excluding hydrogens is 668 g/mol. The first-order valence-corrected chi connectivity index (χ1v) is 14.1. The number of aromatic nitrogens is 6. The maximum absolute atomic E-state index is 14.2. The molecule has 3 heterocycles. The van der Waals surface area contributed by atoms with Crippen LogP contribution in [0.5, 0.6) is 0 Å². The zero-order chi connectivity index (χ0) is 33.5. The van der Waals surface area contributed by atoms with E-state index in [2.05, 4.69) is 25.7 Å². The van der Waals surface area contributed by atoms with Crippen LogP contribution in [-0.4, -0.2) is 84.5 Å². The number of nitrogens with one attached hydrogen (secondary N) is 1. The van der Waals surface area contributed by atoms with Crippen molar-refractivity contribution in [2.75, 3.05) is 20.3 Å². The number of ether oxygens (including phenoxy) is 2.